The minimum absolute atomic E-state index is 0.0780. The van der Waals surface area contributed by atoms with Crippen LogP contribution >= 0.6 is 11.3 Å². The van der Waals surface area contributed by atoms with Gasteiger partial charge in [0.2, 0.25) is 5.91 Å². The maximum Gasteiger partial charge on any atom is 0.239 e. The summed E-state index contributed by atoms with van der Waals surface area (Å²) in [5, 5.41) is 14.8. The maximum atomic E-state index is 12.9. The van der Waals surface area contributed by atoms with Crippen molar-refractivity contribution >= 4 is 23.1 Å². The molecule has 1 N–H and O–H groups in total. The third-order valence-corrected chi connectivity index (χ3v) is 6.53. The SMILES string of the molecule is Cc1c(C#N)c(NC(=O)CN2CCc3ccccc3C2)n(Cc2cccs2)c1C. The average Bonchev–Trinajstić information content (AvgIpc) is 3.31. The van der Waals surface area contributed by atoms with Gasteiger partial charge in [0.05, 0.1) is 18.7 Å². The molecule has 0 bridgehead atoms. The minimum atomic E-state index is -0.0780. The van der Waals surface area contributed by atoms with Gasteiger partial charge in [-0.2, -0.15) is 5.26 Å². The molecule has 29 heavy (non-hydrogen) atoms. The number of hydrogen-bond acceptors (Lipinski definition) is 4. The first kappa shape index (κ1) is 19.4. The number of anilines is 1. The van der Waals surface area contributed by atoms with Crippen LogP contribution in [0.5, 0.6) is 0 Å². The van der Waals surface area contributed by atoms with E-state index in [1.807, 2.05) is 35.9 Å². The van der Waals surface area contributed by atoms with Gasteiger partial charge in [-0.15, -0.1) is 11.3 Å². The van der Waals surface area contributed by atoms with Gasteiger partial charge in [-0.1, -0.05) is 30.3 Å². The monoisotopic (exact) mass is 404 g/mol. The molecule has 0 fully saturated rings. The molecule has 5 nitrogen and oxygen atoms in total. The summed E-state index contributed by atoms with van der Waals surface area (Å²) >= 11 is 1.67. The van der Waals surface area contributed by atoms with Crippen molar-refractivity contribution in [3.8, 4) is 6.07 Å². The highest BCUT2D eigenvalue weighted by molar-refractivity contribution is 7.09. The van der Waals surface area contributed by atoms with Crippen LogP contribution in [0.15, 0.2) is 41.8 Å². The largest absolute Gasteiger partial charge is 0.325 e. The maximum absolute atomic E-state index is 12.9. The highest BCUT2D eigenvalue weighted by atomic mass is 32.1. The van der Waals surface area contributed by atoms with Crippen LogP contribution in [0.4, 0.5) is 5.82 Å². The fourth-order valence-electron chi connectivity index (χ4n) is 3.95. The number of rotatable bonds is 5. The molecule has 148 valence electrons. The molecule has 3 aromatic rings. The summed E-state index contributed by atoms with van der Waals surface area (Å²) in [6.45, 7) is 6.56. The molecule has 1 aromatic carbocycles. The summed E-state index contributed by atoms with van der Waals surface area (Å²) in [7, 11) is 0. The molecule has 1 aliphatic rings. The molecule has 0 unspecified atom stereocenters. The zero-order chi connectivity index (χ0) is 20.4. The predicted molar refractivity (Wildman–Crippen MR) is 116 cm³/mol. The van der Waals surface area contributed by atoms with Crippen LogP contribution in [-0.2, 0) is 24.3 Å². The Morgan fingerprint density at radius 3 is 2.72 bits per heavy atom. The molecule has 0 spiro atoms. The van der Waals surface area contributed by atoms with Gasteiger partial charge in [-0.3, -0.25) is 9.69 Å². The van der Waals surface area contributed by atoms with Crippen LogP contribution in [0.2, 0.25) is 0 Å². The van der Waals surface area contributed by atoms with Crippen LogP contribution < -0.4 is 5.32 Å². The Labute approximate surface area is 175 Å². The van der Waals surface area contributed by atoms with Crippen molar-refractivity contribution in [2.75, 3.05) is 18.4 Å². The topological polar surface area (TPSA) is 61.1 Å². The van der Waals surface area contributed by atoms with Crippen LogP contribution in [0, 0.1) is 25.2 Å². The Morgan fingerprint density at radius 2 is 2.00 bits per heavy atom. The third kappa shape index (κ3) is 3.98. The molecule has 3 heterocycles. The number of nitriles is 1. The molecule has 1 amide bonds. The second kappa shape index (κ2) is 8.24. The lowest BCUT2D eigenvalue weighted by molar-refractivity contribution is -0.117. The molecule has 0 aliphatic carbocycles. The number of nitrogens with zero attached hydrogens (tertiary/aromatic N) is 3. The number of benzene rings is 1. The number of hydrogen-bond donors (Lipinski definition) is 1. The summed E-state index contributed by atoms with van der Waals surface area (Å²) in [5.74, 6) is 0.532. The number of amides is 1. The van der Waals surface area contributed by atoms with E-state index in [1.165, 1.54) is 16.0 Å². The highest BCUT2D eigenvalue weighted by Gasteiger charge is 2.22. The van der Waals surface area contributed by atoms with E-state index in [0.717, 1.165) is 30.8 Å². The van der Waals surface area contributed by atoms with E-state index in [-0.39, 0.29) is 5.91 Å². The number of aromatic nitrogens is 1. The second-order valence-electron chi connectivity index (χ2n) is 7.49. The van der Waals surface area contributed by atoms with E-state index in [4.69, 9.17) is 0 Å². The molecule has 2 aromatic heterocycles. The van der Waals surface area contributed by atoms with Gasteiger partial charge in [0.15, 0.2) is 0 Å². The summed E-state index contributed by atoms with van der Waals surface area (Å²) < 4.78 is 2.04. The zero-order valence-corrected chi connectivity index (χ0v) is 17.6. The quantitative estimate of drug-likeness (QED) is 0.697. The molecule has 0 saturated carbocycles. The van der Waals surface area contributed by atoms with Gasteiger partial charge in [0.25, 0.3) is 0 Å². The summed E-state index contributed by atoms with van der Waals surface area (Å²) in [4.78, 5) is 16.2. The molecular formula is C23H24N4OS. The van der Waals surface area contributed by atoms with Gasteiger partial charge >= 0.3 is 0 Å². The first-order valence-electron chi connectivity index (χ1n) is 9.78. The van der Waals surface area contributed by atoms with E-state index < -0.39 is 0 Å². The highest BCUT2D eigenvalue weighted by Crippen LogP contribution is 2.28. The van der Waals surface area contributed by atoms with E-state index in [1.54, 1.807) is 11.3 Å². The number of carbonyl (C=O) groups is 1. The summed E-state index contributed by atoms with van der Waals surface area (Å²) in [6.07, 6.45) is 0.958. The Kier molecular flexibility index (Phi) is 5.52. The average molecular weight is 405 g/mol. The number of carbonyl (C=O) groups excluding carboxylic acids is 1. The van der Waals surface area contributed by atoms with Crippen LogP contribution in [-0.4, -0.2) is 28.5 Å². The Balaban J connectivity index is 1.52. The predicted octanol–water partition coefficient (Wildman–Crippen LogP) is 4.08. The van der Waals surface area contributed by atoms with E-state index in [9.17, 15) is 10.1 Å². The number of nitrogens with one attached hydrogen (secondary N) is 1. The van der Waals surface area contributed by atoms with Gasteiger partial charge in [-0.05, 0) is 48.4 Å². The molecular weight excluding hydrogens is 380 g/mol. The van der Waals surface area contributed by atoms with Gasteiger partial charge in [-0.25, -0.2) is 0 Å². The van der Waals surface area contributed by atoms with Crippen molar-refractivity contribution in [3.05, 3.63) is 74.6 Å². The molecule has 1 aliphatic heterocycles. The van der Waals surface area contributed by atoms with Gasteiger partial charge in [0, 0.05) is 23.7 Å². The summed E-state index contributed by atoms with van der Waals surface area (Å²) in [6, 6.07) is 14.8. The van der Waals surface area contributed by atoms with Crippen LogP contribution in [0.1, 0.15) is 32.8 Å². The number of fused-ring (bicyclic) bond motifs is 1. The summed E-state index contributed by atoms with van der Waals surface area (Å²) in [5.41, 5.74) is 5.14. The lowest BCUT2D eigenvalue weighted by atomic mass is 10.00. The Bertz CT molecular complexity index is 1080. The zero-order valence-electron chi connectivity index (χ0n) is 16.7. The van der Waals surface area contributed by atoms with E-state index >= 15 is 0 Å². The third-order valence-electron chi connectivity index (χ3n) is 5.67. The molecule has 6 heteroatoms. The van der Waals surface area contributed by atoms with Crippen molar-refractivity contribution < 1.29 is 4.79 Å². The first-order chi connectivity index (χ1) is 14.1. The first-order valence-corrected chi connectivity index (χ1v) is 10.7. The van der Waals surface area contributed by atoms with E-state index in [2.05, 4.69) is 40.6 Å². The van der Waals surface area contributed by atoms with Gasteiger partial charge in [0.1, 0.15) is 11.9 Å². The van der Waals surface area contributed by atoms with Crippen LogP contribution in [0.25, 0.3) is 0 Å². The van der Waals surface area contributed by atoms with Crippen molar-refractivity contribution in [2.45, 2.75) is 33.4 Å². The fraction of sp³-hybridized carbons (Fsp3) is 0.304. The Morgan fingerprint density at radius 1 is 1.21 bits per heavy atom. The smallest absolute Gasteiger partial charge is 0.239 e. The van der Waals surface area contributed by atoms with Gasteiger partial charge < -0.3 is 9.88 Å². The normalized spacial score (nSPS) is 13.7. The van der Waals surface area contributed by atoms with Crippen LogP contribution in [0.3, 0.4) is 0 Å². The second-order valence-corrected chi connectivity index (χ2v) is 8.52. The van der Waals surface area contributed by atoms with E-state index in [0.29, 0.717) is 24.5 Å². The van der Waals surface area contributed by atoms with Crippen molar-refractivity contribution in [1.29, 1.82) is 5.26 Å². The van der Waals surface area contributed by atoms with Crippen molar-refractivity contribution in [3.63, 3.8) is 0 Å². The Hall–Kier alpha value is -2.88. The number of thiophene rings is 1. The lowest BCUT2D eigenvalue weighted by Crippen LogP contribution is -2.37. The fourth-order valence-corrected chi connectivity index (χ4v) is 4.64. The molecule has 0 radical (unpaired) electrons. The van der Waals surface area contributed by atoms with Crippen molar-refractivity contribution in [2.24, 2.45) is 0 Å². The van der Waals surface area contributed by atoms with Crippen molar-refractivity contribution in [1.82, 2.24) is 9.47 Å². The molecule has 0 saturated heterocycles. The molecule has 0 atom stereocenters. The minimum Gasteiger partial charge on any atom is -0.325 e. The molecule has 4 rings (SSSR count). The standard InChI is InChI=1S/C23H24N4OS/c1-16-17(2)27(14-20-8-5-11-29-20)23(21(16)12-24)25-22(28)15-26-10-9-18-6-3-4-7-19(18)13-26/h3-8,11H,9-10,13-15H2,1-2H3,(H,25,28). The lowest BCUT2D eigenvalue weighted by Gasteiger charge is -2.28.